The van der Waals surface area contributed by atoms with Crippen LogP contribution in [-0.2, 0) is 9.53 Å². The Balaban J connectivity index is 2.03. The highest BCUT2D eigenvalue weighted by atomic mass is 16.6. The summed E-state index contributed by atoms with van der Waals surface area (Å²) >= 11 is 0. The first-order valence-corrected chi connectivity index (χ1v) is 9.39. The Morgan fingerprint density at radius 2 is 1.93 bits per heavy atom. The molecule has 2 aromatic rings. The first-order valence-electron chi connectivity index (χ1n) is 9.39. The van der Waals surface area contributed by atoms with E-state index < -0.39 is 16.8 Å². The molecule has 0 fully saturated rings. The maximum absolute atomic E-state index is 12.4. The second-order valence-corrected chi connectivity index (χ2v) is 6.40. The third-order valence-corrected chi connectivity index (χ3v) is 4.12. The smallest absolute Gasteiger partial charge is 0.338 e. The molecule has 8 heteroatoms. The molecule has 0 aromatic heterocycles. The number of carbonyl (C=O) groups excluding carboxylic acids is 2. The second kappa shape index (κ2) is 11.1. The third kappa shape index (κ3) is 6.56. The van der Waals surface area contributed by atoms with Gasteiger partial charge in [-0.3, -0.25) is 14.9 Å². The molecule has 154 valence electrons. The molecule has 0 unspecified atom stereocenters. The van der Waals surface area contributed by atoms with Crippen LogP contribution in [0.25, 0.3) is 6.08 Å². The van der Waals surface area contributed by atoms with E-state index in [1.54, 1.807) is 12.1 Å². The van der Waals surface area contributed by atoms with Gasteiger partial charge >= 0.3 is 5.97 Å². The molecular weight excluding hydrogens is 386 g/mol. The summed E-state index contributed by atoms with van der Waals surface area (Å²) < 4.78 is 5.17. The SMILES string of the molecule is CCCCCOC(=O)c1ccc(NC(=O)/C(C#N)=C/c2cccc([N+](=O)[O-])c2)cc1. The van der Waals surface area contributed by atoms with E-state index in [9.17, 15) is 25.0 Å². The number of ether oxygens (including phenoxy) is 1. The molecule has 8 nitrogen and oxygen atoms in total. The molecule has 0 bridgehead atoms. The number of benzene rings is 2. The molecule has 0 heterocycles. The number of nitro groups is 1. The van der Waals surface area contributed by atoms with Gasteiger partial charge in [0, 0.05) is 17.8 Å². The molecule has 0 aliphatic rings. The van der Waals surface area contributed by atoms with Crippen molar-refractivity contribution < 1.29 is 19.2 Å². The van der Waals surface area contributed by atoms with Gasteiger partial charge in [0.15, 0.2) is 0 Å². The lowest BCUT2D eigenvalue weighted by molar-refractivity contribution is -0.384. The van der Waals surface area contributed by atoms with Crippen molar-refractivity contribution in [1.29, 1.82) is 5.26 Å². The van der Waals surface area contributed by atoms with E-state index in [0.29, 0.717) is 23.4 Å². The van der Waals surface area contributed by atoms with Gasteiger partial charge in [0.2, 0.25) is 0 Å². The molecule has 0 spiro atoms. The first kappa shape index (κ1) is 22.3. The number of nitrogens with zero attached hydrogens (tertiary/aromatic N) is 2. The Bertz CT molecular complexity index is 991. The number of nitro benzene ring substituents is 1. The number of rotatable bonds is 9. The predicted octanol–water partition coefficient (Wildman–Crippen LogP) is 4.49. The van der Waals surface area contributed by atoms with Gasteiger partial charge in [0.25, 0.3) is 11.6 Å². The molecule has 1 N–H and O–H groups in total. The molecule has 0 saturated heterocycles. The number of non-ortho nitro benzene ring substituents is 1. The van der Waals surface area contributed by atoms with E-state index >= 15 is 0 Å². The average molecular weight is 407 g/mol. The quantitative estimate of drug-likeness (QED) is 0.163. The molecule has 2 rings (SSSR count). The molecule has 2 aromatic carbocycles. The van der Waals surface area contributed by atoms with Crippen LogP contribution in [0.3, 0.4) is 0 Å². The average Bonchev–Trinajstić information content (AvgIpc) is 2.75. The molecule has 0 radical (unpaired) electrons. The van der Waals surface area contributed by atoms with Crippen molar-refractivity contribution in [2.45, 2.75) is 26.2 Å². The number of anilines is 1. The minimum absolute atomic E-state index is 0.140. The maximum Gasteiger partial charge on any atom is 0.338 e. The first-order chi connectivity index (χ1) is 14.4. The number of unbranched alkanes of at least 4 members (excludes halogenated alkanes) is 2. The van der Waals surface area contributed by atoms with Crippen LogP contribution in [0.5, 0.6) is 0 Å². The summed E-state index contributed by atoms with van der Waals surface area (Å²) in [6.45, 7) is 2.42. The van der Waals surface area contributed by atoms with Gasteiger partial charge in [-0.1, -0.05) is 31.9 Å². The minimum Gasteiger partial charge on any atom is -0.462 e. The van der Waals surface area contributed by atoms with Gasteiger partial charge in [0.05, 0.1) is 17.1 Å². The number of amides is 1. The van der Waals surface area contributed by atoms with E-state index in [-0.39, 0.29) is 11.3 Å². The molecular formula is C22H21N3O5. The number of nitriles is 1. The Kier molecular flexibility index (Phi) is 8.27. The van der Waals surface area contributed by atoms with Gasteiger partial charge < -0.3 is 10.1 Å². The maximum atomic E-state index is 12.4. The van der Waals surface area contributed by atoms with Crippen molar-refractivity contribution in [1.82, 2.24) is 0 Å². The number of hydrogen-bond donors (Lipinski definition) is 1. The van der Waals surface area contributed by atoms with E-state index in [1.165, 1.54) is 48.5 Å². The van der Waals surface area contributed by atoms with Crippen molar-refractivity contribution in [3.8, 4) is 6.07 Å². The summed E-state index contributed by atoms with van der Waals surface area (Å²) in [5.74, 6) is -1.11. The Morgan fingerprint density at radius 3 is 2.57 bits per heavy atom. The van der Waals surface area contributed by atoms with Crippen molar-refractivity contribution in [3.63, 3.8) is 0 Å². The molecule has 0 aliphatic heterocycles. The van der Waals surface area contributed by atoms with Gasteiger partial charge in [0.1, 0.15) is 11.6 Å². The highest BCUT2D eigenvalue weighted by Gasteiger charge is 2.12. The largest absolute Gasteiger partial charge is 0.462 e. The Hall–Kier alpha value is -3.99. The molecule has 1 amide bonds. The number of hydrogen-bond acceptors (Lipinski definition) is 6. The molecule has 0 atom stereocenters. The molecule has 30 heavy (non-hydrogen) atoms. The standard InChI is InChI=1S/C22H21N3O5/c1-2-3-4-12-30-22(27)17-8-10-19(11-9-17)24-21(26)18(15-23)13-16-6-5-7-20(14-16)25(28)29/h5-11,13-14H,2-4,12H2,1H3,(H,24,26)/b18-13+. The fraction of sp³-hybridized carbons (Fsp3) is 0.227. The van der Waals surface area contributed by atoms with E-state index in [4.69, 9.17) is 4.74 Å². The van der Waals surface area contributed by atoms with Crippen LogP contribution in [0, 0.1) is 21.4 Å². The van der Waals surface area contributed by atoms with Gasteiger partial charge in [-0.25, -0.2) is 4.79 Å². The van der Waals surface area contributed by atoms with Crippen molar-refractivity contribution in [2.75, 3.05) is 11.9 Å². The summed E-state index contributed by atoms with van der Waals surface area (Å²) in [6, 6.07) is 13.5. The summed E-state index contributed by atoms with van der Waals surface area (Å²) in [5, 5.41) is 22.7. The second-order valence-electron chi connectivity index (χ2n) is 6.40. The lowest BCUT2D eigenvalue weighted by Crippen LogP contribution is -2.13. The fourth-order valence-corrected chi connectivity index (χ4v) is 2.53. The highest BCUT2D eigenvalue weighted by Crippen LogP contribution is 2.17. The Morgan fingerprint density at radius 1 is 1.20 bits per heavy atom. The lowest BCUT2D eigenvalue weighted by Gasteiger charge is -2.07. The minimum atomic E-state index is -0.668. The fourth-order valence-electron chi connectivity index (χ4n) is 2.53. The highest BCUT2D eigenvalue weighted by molar-refractivity contribution is 6.09. The molecule has 0 aliphatic carbocycles. The van der Waals surface area contributed by atoms with Crippen LogP contribution in [0.2, 0.25) is 0 Å². The van der Waals surface area contributed by atoms with Crippen molar-refractivity contribution >= 4 is 29.3 Å². The Labute approximate surface area is 173 Å². The number of nitrogens with one attached hydrogen (secondary N) is 1. The number of carbonyl (C=O) groups is 2. The summed E-state index contributed by atoms with van der Waals surface area (Å²) in [4.78, 5) is 34.6. The van der Waals surface area contributed by atoms with Gasteiger partial charge in [-0.05, 0) is 42.3 Å². The predicted molar refractivity (Wildman–Crippen MR) is 112 cm³/mol. The zero-order valence-corrected chi connectivity index (χ0v) is 16.5. The summed E-state index contributed by atoms with van der Waals surface area (Å²) in [7, 11) is 0. The van der Waals surface area contributed by atoms with E-state index in [2.05, 4.69) is 12.2 Å². The van der Waals surface area contributed by atoms with Crippen molar-refractivity contribution in [2.24, 2.45) is 0 Å². The van der Waals surface area contributed by atoms with Gasteiger partial charge in [-0.2, -0.15) is 5.26 Å². The normalized spacial score (nSPS) is 10.7. The summed E-state index contributed by atoms with van der Waals surface area (Å²) in [6.07, 6.45) is 4.10. The van der Waals surface area contributed by atoms with Crippen LogP contribution in [0.15, 0.2) is 54.1 Å². The van der Waals surface area contributed by atoms with Gasteiger partial charge in [-0.15, -0.1) is 0 Å². The van der Waals surface area contributed by atoms with Crippen molar-refractivity contribution in [3.05, 3.63) is 75.3 Å². The lowest BCUT2D eigenvalue weighted by atomic mass is 10.1. The zero-order valence-electron chi connectivity index (χ0n) is 16.5. The molecule has 0 saturated carbocycles. The van der Waals surface area contributed by atoms with Crippen LogP contribution in [0.1, 0.15) is 42.1 Å². The van der Waals surface area contributed by atoms with Crippen LogP contribution < -0.4 is 5.32 Å². The number of esters is 1. The van der Waals surface area contributed by atoms with E-state index in [1.807, 2.05) is 0 Å². The van der Waals surface area contributed by atoms with Crippen LogP contribution >= 0.6 is 0 Å². The van der Waals surface area contributed by atoms with Crippen LogP contribution in [0.4, 0.5) is 11.4 Å². The van der Waals surface area contributed by atoms with Crippen LogP contribution in [-0.4, -0.2) is 23.4 Å². The third-order valence-electron chi connectivity index (χ3n) is 4.12. The monoisotopic (exact) mass is 407 g/mol. The summed E-state index contributed by atoms with van der Waals surface area (Å²) in [5.41, 5.74) is 0.755. The van der Waals surface area contributed by atoms with E-state index in [0.717, 1.165) is 19.3 Å². The zero-order chi connectivity index (χ0) is 21.9. The topological polar surface area (TPSA) is 122 Å².